The molecule has 1 aromatic heterocycles. The summed E-state index contributed by atoms with van der Waals surface area (Å²) in [4.78, 5) is 4.94. The van der Waals surface area contributed by atoms with E-state index in [2.05, 4.69) is 61.1 Å². The highest BCUT2D eigenvalue weighted by atomic mass is 16.3. The van der Waals surface area contributed by atoms with Crippen molar-refractivity contribution < 1.29 is 4.42 Å². The third-order valence-electron chi connectivity index (χ3n) is 4.94. The first-order valence-corrected chi connectivity index (χ1v) is 8.65. The van der Waals surface area contributed by atoms with E-state index in [0.717, 1.165) is 24.4 Å². The summed E-state index contributed by atoms with van der Waals surface area (Å²) in [6.07, 6.45) is 0. The zero-order chi connectivity index (χ0) is 16.4. The van der Waals surface area contributed by atoms with Gasteiger partial charge < -0.3 is 14.6 Å². The normalized spacial score (nSPS) is 18.6. The van der Waals surface area contributed by atoms with Gasteiger partial charge in [-0.05, 0) is 57.1 Å². The highest BCUT2D eigenvalue weighted by molar-refractivity contribution is 5.79. The lowest BCUT2D eigenvalue weighted by molar-refractivity contribution is 0.144. The van der Waals surface area contributed by atoms with Gasteiger partial charge in [0.1, 0.15) is 11.3 Å². The van der Waals surface area contributed by atoms with E-state index in [1.807, 2.05) is 0 Å². The van der Waals surface area contributed by atoms with Crippen molar-refractivity contribution in [1.82, 2.24) is 15.1 Å². The molecule has 0 amide bonds. The minimum atomic E-state index is 0.468. The van der Waals surface area contributed by atoms with Crippen molar-refractivity contribution in [2.75, 3.05) is 39.8 Å². The third-order valence-corrected chi connectivity index (χ3v) is 4.94. The van der Waals surface area contributed by atoms with Gasteiger partial charge >= 0.3 is 0 Å². The van der Waals surface area contributed by atoms with E-state index in [-0.39, 0.29) is 0 Å². The van der Waals surface area contributed by atoms with Crippen LogP contribution in [0.2, 0.25) is 0 Å². The first-order valence-electron chi connectivity index (χ1n) is 8.65. The fourth-order valence-corrected chi connectivity index (χ4v) is 3.20. The number of piperazine rings is 1. The largest absolute Gasteiger partial charge is 0.460 e. The van der Waals surface area contributed by atoms with Crippen LogP contribution >= 0.6 is 0 Å². The van der Waals surface area contributed by atoms with Gasteiger partial charge in [-0.25, -0.2) is 0 Å². The van der Waals surface area contributed by atoms with Crippen LogP contribution in [0, 0.1) is 13.8 Å². The first-order chi connectivity index (χ1) is 11.0. The van der Waals surface area contributed by atoms with Crippen LogP contribution in [0.4, 0.5) is 0 Å². The van der Waals surface area contributed by atoms with Crippen LogP contribution in [0.25, 0.3) is 11.0 Å². The van der Waals surface area contributed by atoms with E-state index in [4.69, 9.17) is 4.42 Å². The highest BCUT2D eigenvalue weighted by Crippen LogP contribution is 2.23. The number of furan rings is 1. The third kappa shape index (κ3) is 4.14. The second kappa shape index (κ2) is 7.04. The number of hydrogen-bond donors (Lipinski definition) is 1. The van der Waals surface area contributed by atoms with Crippen LogP contribution in [0.1, 0.15) is 23.8 Å². The van der Waals surface area contributed by atoms with E-state index in [1.54, 1.807) is 0 Å². The van der Waals surface area contributed by atoms with Crippen LogP contribution < -0.4 is 5.32 Å². The Balaban J connectivity index is 1.53. The minimum Gasteiger partial charge on any atom is -0.460 e. The molecule has 1 aliphatic rings. The maximum atomic E-state index is 5.98. The number of fused-ring (bicyclic) bond motifs is 1. The molecule has 2 heterocycles. The molecule has 1 aliphatic heterocycles. The molecule has 3 rings (SSSR count). The van der Waals surface area contributed by atoms with E-state index < -0.39 is 0 Å². The van der Waals surface area contributed by atoms with Crippen LogP contribution in [-0.2, 0) is 6.54 Å². The van der Waals surface area contributed by atoms with Crippen LogP contribution in [-0.4, -0.2) is 55.6 Å². The Bertz CT molecular complexity index is 617. The predicted octanol–water partition coefficient (Wildman–Crippen LogP) is 2.78. The molecule has 1 fully saturated rings. The van der Waals surface area contributed by atoms with E-state index in [9.17, 15) is 0 Å². The maximum absolute atomic E-state index is 5.98. The Hall–Kier alpha value is -1.36. The number of aryl methyl sites for hydroxylation is 2. The Kier molecular flexibility index (Phi) is 5.05. The Morgan fingerprint density at radius 3 is 2.52 bits per heavy atom. The number of rotatable bonds is 5. The molecule has 0 saturated carbocycles. The van der Waals surface area contributed by atoms with E-state index in [1.165, 1.54) is 42.7 Å². The Labute approximate surface area is 139 Å². The quantitative estimate of drug-likeness (QED) is 0.919. The van der Waals surface area contributed by atoms with Gasteiger partial charge in [0.25, 0.3) is 0 Å². The van der Waals surface area contributed by atoms with Crippen LogP contribution in [0.3, 0.4) is 0 Å². The molecule has 1 atom stereocenters. The summed E-state index contributed by atoms with van der Waals surface area (Å²) in [6.45, 7) is 13.1. The van der Waals surface area contributed by atoms with Gasteiger partial charge in [0.05, 0.1) is 6.54 Å². The van der Waals surface area contributed by atoms with Crippen molar-refractivity contribution in [3.05, 3.63) is 35.1 Å². The number of hydrogen-bond acceptors (Lipinski definition) is 4. The molecule has 0 aliphatic carbocycles. The fraction of sp³-hybridized carbons (Fsp3) is 0.579. The summed E-state index contributed by atoms with van der Waals surface area (Å²) < 4.78 is 5.98. The molecule has 0 radical (unpaired) electrons. The standard InChI is InChI=1S/C19H29N3O/c1-14-9-17-11-18(23-19(17)10-15(14)2)12-20-16(3)13-22-7-5-21(4)6-8-22/h9-11,16,20H,5-8,12-13H2,1-4H3/t16-/m0/s1. The molecule has 126 valence electrons. The molecular weight excluding hydrogens is 286 g/mol. The zero-order valence-electron chi connectivity index (χ0n) is 14.9. The van der Waals surface area contributed by atoms with Crippen molar-refractivity contribution in [3.63, 3.8) is 0 Å². The van der Waals surface area contributed by atoms with Crippen LogP contribution in [0.15, 0.2) is 22.6 Å². The summed E-state index contributed by atoms with van der Waals surface area (Å²) in [5.74, 6) is 1.02. The van der Waals surface area contributed by atoms with Gasteiger partial charge in [0, 0.05) is 44.2 Å². The topological polar surface area (TPSA) is 31.6 Å². The molecular formula is C19H29N3O. The molecule has 0 bridgehead atoms. The smallest absolute Gasteiger partial charge is 0.134 e. The molecule has 0 unspecified atom stereocenters. The molecule has 23 heavy (non-hydrogen) atoms. The van der Waals surface area contributed by atoms with Crippen LogP contribution in [0.5, 0.6) is 0 Å². The Morgan fingerprint density at radius 1 is 1.09 bits per heavy atom. The Morgan fingerprint density at radius 2 is 1.78 bits per heavy atom. The van der Waals surface area contributed by atoms with Gasteiger partial charge in [-0.1, -0.05) is 0 Å². The van der Waals surface area contributed by atoms with E-state index in [0.29, 0.717) is 6.04 Å². The lowest BCUT2D eigenvalue weighted by Gasteiger charge is -2.34. The minimum absolute atomic E-state index is 0.468. The number of nitrogens with one attached hydrogen (secondary N) is 1. The molecule has 1 saturated heterocycles. The molecule has 2 aromatic rings. The molecule has 1 aromatic carbocycles. The summed E-state index contributed by atoms with van der Waals surface area (Å²) in [5, 5.41) is 4.80. The monoisotopic (exact) mass is 315 g/mol. The summed E-state index contributed by atoms with van der Waals surface area (Å²) in [7, 11) is 2.20. The molecule has 4 nitrogen and oxygen atoms in total. The van der Waals surface area contributed by atoms with E-state index >= 15 is 0 Å². The summed E-state index contributed by atoms with van der Waals surface area (Å²) in [6, 6.07) is 6.99. The van der Waals surface area contributed by atoms with Crippen molar-refractivity contribution in [2.24, 2.45) is 0 Å². The van der Waals surface area contributed by atoms with Gasteiger partial charge in [-0.2, -0.15) is 0 Å². The second-order valence-electron chi connectivity index (χ2n) is 7.07. The summed E-state index contributed by atoms with van der Waals surface area (Å²) in [5.41, 5.74) is 3.60. The SMILES string of the molecule is Cc1cc2cc(CN[C@@H](C)CN3CCN(C)CC3)oc2cc1C. The maximum Gasteiger partial charge on any atom is 0.134 e. The lowest BCUT2D eigenvalue weighted by atomic mass is 10.1. The van der Waals surface area contributed by atoms with Gasteiger partial charge in [-0.3, -0.25) is 4.90 Å². The fourth-order valence-electron chi connectivity index (χ4n) is 3.20. The number of benzene rings is 1. The number of likely N-dealkylation sites (N-methyl/N-ethyl adjacent to an activating group) is 1. The second-order valence-corrected chi connectivity index (χ2v) is 7.07. The average Bonchev–Trinajstić information content (AvgIpc) is 2.90. The van der Waals surface area contributed by atoms with Gasteiger partial charge in [0.2, 0.25) is 0 Å². The summed E-state index contributed by atoms with van der Waals surface area (Å²) >= 11 is 0. The van der Waals surface area contributed by atoms with Crippen molar-refractivity contribution in [3.8, 4) is 0 Å². The van der Waals surface area contributed by atoms with Crippen molar-refractivity contribution >= 4 is 11.0 Å². The van der Waals surface area contributed by atoms with Gasteiger partial charge in [0.15, 0.2) is 0 Å². The van der Waals surface area contributed by atoms with Gasteiger partial charge in [-0.15, -0.1) is 0 Å². The predicted molar refractivity (Wildman–Crippen MR) is 95.9 cm³/mol. The lowest BCUT2D eigenvalue weighted by Crippen LogP contribution is -2.48. The number of nitrogens with zero attached hydrogens (tertiary/aromatic N) is 2. The van der Waals surface area contributed by atoms with Crippen molar-refractivity contribution in [1.29, 1.82) is 0 Å². The molecule has 0 spiro atoms. The molecule has 4 heteroatoms. The average molecular weight is 315 g/mol. The van der Waals surface area contributed by atoms with Crippen molar-refractivity contribution in [2.45, 2.75) is 33.4 Å². The highest BCUT2D eigenvalue weighted by Gasteiger charge is 2.16. The molecule has 1 N–H and O–H groups in total. The zero-order valence-corrected chi connectivity index (χ0v) is 14.9. The first kappa shape index (κ1) is 16.5.